The second-order valence-electron chi connectivity index (χ2n) is 4.80. The fourth-order valence-corrected chi connectivity index (χ4v) is 2.55. The summed E-state index contributed by atoms with van der Waals surface area (Å²) in [4.78, 5) is 4.42. The zero-order valence-electron chi connectivity index (χ0n) is 10.9. The molecule has 0 aliphatic heterocycles. The summed E-state index contributed by atoms with van der Waals surface area (Å²) in [6.45, 7) is 1.51. The number of pyridine rings is 1. The highest BCUT2D eigenvalue weighted by Crippen LogP contribution is 2.15. The first kappa shape index (κ1) is 14.0. The first-order valence-electron chi connectivity index (χ1n) is 6.09. The molecule has 0 aliphatic carbocycles. The van der Waals surface area contributed by atoms with Crippen LogP contribution >= 0.6 is 0 Å². The summed E-state index contributed by atoms with van der Waals surface area (Å²) in [6, 6.07) is 11.4. The van der Waals surface area contributed by atoms with Gasteiger partial charge < -0.3 is 5.11 Å². The lowest BCUT2D eigenvalue weighted by atomic mass is 10.1. The van der Waals surface area contributed by atoms with Gasteiger partial charge in [-0.25, -0.2) is 8.42 Å². The van der Waals surface area contributed by atoms with Crippen molar-refractivity contribution in [3.05, 3.63) is 42.1 Å². The zero-order valence-corrected chi connectivity index (χ0v) is 11.8. The van der Waals surface area contributed by atoms with E-state index in [1.807, 2.05) is 36.4 Å². The van der Waals surface area contributed by atoms with Gasteiger partial charge >= 0.3 is 0 Å². The molecule has 2 atom stereocenters. The molecule has 1 aromatic heterocycles. The third kappa shape index (κ3) is 3.30. The minimum absolute atomic E-state index is 0.235. The Kier molecular flexibility index (Phi) is 3.87. The van der Waals surface area contributed by atoms with Crippen LogP contribution in [-0.2, 0) is 16.3 Å². The van der Waals surface area contributed by atoms with E-state index < -0.39 is 21.2 Å². The average Bonchev–Trinajstić information content (AvgIpc) is 2.36. The molecule has 0 radical (unpaired) electrons. The van der Waals surface area contributed by atoms with E-state index in [1.165, 1.54) is 6.92 Å². The molecule has 0 fully saturated rings. The van der Waals surface area contributed by atoms with E-state index in [0.29, 0.717) is 5.69 Å². The summed E-state index contributed by atoms with van der Waals surface area (Å²) in [5.74, 6) is 0. The Hall–Kier alpha value is -1.46. The van der Waals surface area contributed by atoms with Crippen LogP contribution in [0.5, 0.6) is 0 Å². The van der Waals surface area contributed by atoms with Crippen molar-refractivity contribution in [2.45, 2.75) is 24.7 Å². The van der Waals surface area contributed by atoms with Crippen LogP contribution in [0.1, 0.15) is 12.6 Å². The molecular weight excluding hydrogens is 262 g/mol. The largest absolute Gasteiger partial charge is 0.391 e. The number of hydrogen-bond donors (Lipinski definition) is 1. The molecule has 2 rings (SSSR count). The Morgan fingerprint density at radius 2 is 1.89 bits per heavy atom. The number of aliphatic hydroxyl groups excluding tert-OH is 1. The van der Waals surface area contributed by atoms with E-state index in [0.717, 1.165) is 17.2 Å². The number of fused-ring (bicyclic) bond motifs is 1. The van der Waals surface area contributed by atoms with Gasteiger partial charge in [0.2, 0.25) is 0 Å². The summed E-state index contributed by atoms with van der Waals surface area (Å²) >= 11 is 0. The summed E-state index contributed by atoms with van der Waals surface area (Å²) in [6.07, 6.45) is 0.428. The van der Waals surface area contributed by atoms with E-state index in [4.69, 9.17) is 0 Å². The molecular formula is C14H17NO3S. The quantitative estimate of drug-likeness (QED) is 0.922. The van der Waals surface area contributed by atoms with Crippen LogP contribution in [0.4, 0.5) is 0 Å². The van der Waals surface area contributed by atoms with Crippen molar-refractivity contribution in [2.24, 2.45) is 0 Å². The lowest BCUT2D eigenvalue weighted by molar-refractivity contribution is 0.172. The van der Waals surface area contributed by atoms with Crippen molar-refractivity contribution in [3.8, 4) is 0 Å². The van der Waals surface area contributed by atoms with E-state index in [9.17, 15) is 13.5 Å². The van der Waals surface area contributed by atoms with Gasteiger partial charge in [-0.2, -0.15) is 0 Å². The summed E-state index contributed by atoms with van der Waals surface area (Å²) in [5.41, 5.74) is 1.54. The zero-order chi connectivity index (χ0) is 14.0. The SMILES string of the molecule is CC(C(O)Cc1ccc2ccccc2n1)S(C)(=O)=O. The van der Waals surface area contributed by atoms with Crippen molar-refractivity contribution in [3.63, 3.8) is 0 Å². The molecule has 102 valence electrons. The van der Waals surface area contributed by atoms with Crippen LogP contribution in [0, 0.1) is 0 Å². The number of nitrogens with zero attached hydrogens (tertiary/aromatic N) is 1. The van der Waals surface area contributed by atoms with Gasteiger partial charge in [-0.15, -0.1) is 0 Å². The molecule has 0 saturated heterocycles. The second kappa shape index (κ2) is 5.27. The van der Waals surface area contributed by atoms with Crippen molar-refractivity contribution in [2.75, 3.05) is 6.26 Å². The normalized spacial score (nSPS) is 15.3. The number of hydrogen-bond acceptors (Lipinski definition) is 4. The van der Waals surface area contributed by atoms with Crippen LogP contribution in [0.2, 0.25) is 0 Å². The number of aromatic nitrogens is 1. The van der Waals surface area contributed by atoms with E-state index in [2.05, 4.69) is 4.98 Å². The van der Waals surface area contributed by atoms with Crippen molar-refractivity contribution < 1.29 is 13.5 Å². The minimum atomic E-state index is -3.24. The van der Waals surface area contributed by atoms with Gasteiger partial charge in [0.05, 0.1) is 16.9 Å². The predicted octanol–water partition coefficient (Wildman–Crippen LogP) is 1.57. The third-order valence-corrected chi connectivity index (χ3v) is 4.96. The molecule has 0 amide bonds. The molecule has 0 aliphatic rings. The van der Waals surface area contributed by atoms with Gasteiger partial charge in [0.15, 0.2) is 9.84 Å². The van der Waals surface area contributed by atoms with Gasteiger partial charge in [0.25, 0.3) is 0 Å². The highest BCUT2D eigenvalue weighted by Gasteiger charge is 2.24. The molecule has 2 unspecified atom stereocenters. The van der Waals surface area contributed by atoms with Gasteiger partial charge in [0.1, 0.15) is 0 Å². The van der Waals surface area contributed by atoms with Crippen molar-refractivity contribution in [1.29, 1.82) is 0 Å². The van der Waals surface area contributed by atoms with Gasteiger partial charge in [-0.3, -0.25) is 4.98 Å². The number of aliphatic hydroxyl groups is 1. The summed E-state index contributed by atoms with van der Waals surface area (Å²) in [5, 5.41) is 10.2. The maximum absolute atomic E-state index is 11.4. The molecule has 1 N–H and O–H groups in total. The molecule has 5 heteroatoms. The Labute approximate surface area is 113 Å². The van der Waals surface area contributed by atoms with Crippen LogP contribution in [0.25, 0.3) is 10.9 Å². The van der Waals surface area contributed by atoms with E-state index in [1.54, 1.807) is 0 Å². The van der Waals surface area contributed by atoms with Crippen molar-refractivity contribution >= 4 is 20.7 Å². The minimum Gasteiger partial charge on any atom is -0.391 e. The maximum atomic E-state index is 11.4. The molecule has 0 saturated carbocycles. The average molecular weight is 279 g/mol. The first-order valence-corrected chi connectivity index (χ1v) is 8.05. The molecule has 19 heavy (non-hydrogen) atoms. The van der Waals surface area contributed by atoms with Crippen molar-refractivity contribution in [1.82, 2.24) is 4.98 Å². The number of benzene rings is 1. The van der Waals surface area contributed by atoms with Gasteiger partial charge in [-0.05, 0) is 19.1 Å². The Morgan fingerprint density at radius 1 is 1.21 bits per heavy atom. The first-order chi connectivity index (χ1) is 8.88. The molecule has 1 aromatic carbocycles. The summed E-state index contributed by atoms with van der Waals surface area (Å²) in [7, 11) is -3.24. The van der Waals surface area contributed by atoms with Crippen LogP contribution in [-0.4, -0.2) is 36.1 Å². The lowest BCUT2D eigenvalue weighted by Crippen LogP contribution is -2.32. The highest BCUT2D eigenvalue weighted by atomic mass is 32.2. The molecule has 4 nitrogen and oxygen atoms in total. The Balaban J connectivity index is 2.22. The van der Waals surface area contributed by atoms with Crippen LogP contribution < -0.4 is 0 Å². The molecule has 1 heterocycles. The number of para-hydroxylation sites is 1. The monoisotopic (exact) mass is 279 g/mol. The maximum Gasteiger partial charge on any atom is 0.152 e. The van der Waals surface area contributed by atoms with E-state index in [-0.39, 0.29) is 6.42 Å². The van der Waals surface area contributed by atoms with Crippen LogP contribution in [0.3, 0.4) is 0 Å². The standard InChI is InChI=1S/C14H17NO3S/c1-10(19(2,17)18)14(16)9-12-8-7-11-5-3-4-6-13(11)15-12/h3-8,10,14,16H,9H2,1-2H3. The second-order valence-corrected chi connectivity index (χ2v) is 7.20. The molecule has 0 bridgehead atoms. The number of sulfone groups is 1. The topological polar surface area (TPSA) is 67.3 Å². The fraction of sp³-hybridized carbons (Fsp3) is 0.357. The lowest BCUT2D eigenvalue weighted by Gasteiger charge is -2.16. The van der Waals surface area contributed by atoms with Gasteiger partial charge in [0, 0.05) is 23.8 Å². The Morgan fingerprint density at radius 3 is 2.58 bits per heavy atom. The molecule has 0 spiro atoms. The van der Waals surface area contributed by atoms with E-state index >= 15 is 0 Å². The fourth-order valence-electron chi connectivity index (χ4n) is 1.89. The van der Waals surface area contributed by atoms with Crippen LogP contribution in [0.15, 0.2) is 36.4 Å². The summed E-state index contributed by atoms with van der Waals surface area (Å²) < 4.78 is 22.8. The smallest absolute Gasteiger partial charge is 0.152 e. The predicted molar refractivity (Wildman–Crippen MR) is 75.8 cm³/mol. The Bertz CT molecular complexity index is 682. The number of rotatable bonds is 4. The molecule has 2 aromatic rings. The third-order valence-electron chi connectivity index (χ3n) is 3.29. The highest BCUT2D eigenvalue weighted by molar-refractivity contribution is 7.91. The van der Waals surface area contributed by atoms with Gasteiger partial charge in [-0.1, -0.05) is 24.3 Å².